The number of para-hydroxylation sites is 1. The Labute approximate surface area is 110 Å². The third kappa shape index (κ3) is 2.50. The first-order chi connectivity index (χ1) is 9.25. The van der Waals surface area contributed by atoms with Crippen LogP contribution in [0.25, 0.3) is 10.9 Å². The van der Waals surface area contributed by atoms with Gasteiger partial charge in [-0.25, -0.2) is 4.98 Å². The molecule has 0 saturated heterocycles. The van der Waals surface area contributed by atoms with Gasteiger partial charge in [0.2, 0.25) is 0 Å². The van der Waals surface area contributed by atoms with Crippen LogP contribution in [0.3, 0.4) is 0 Å². The van der Waals surface area contributed by atoms with E-state index in [2.05, 4.69) is 10.3 Å². The highest BCUT2D eigenvalue weighted by Gasteiger charge is 2.20. The molecule has 0 unspecified atom stereocenters. The van der Waals surface area contributed by atoms with E-state index in [-0.39, 0.29) is 10.6 Å². The van der Waals surface area contributed by atoms with Crippen molar-refractivity contribution in [1.29, 1.82) is 0 Å². The van der Waals surface area contributed by atoms with Gasteiger partial charge in [-0.3, -0.25) is 10.1 Å². The fourth-order valence-electron chi connectivity index (χ4n) is 2.28. The first kappa shape index (κ1) is 11.9. The van der Waals surface area contributed by atoms with Gasteiger partial charge in [0.25, 0.3) is 5.69 Å². The summed E-state index contributed by atoms with van der Waals surface area (Å²) in [5.41, 5.74) is 1.43. The van der Waals surface area contributed by atoms with E-state index in [0.29, 0.717) is 5.52 Å². The van der Waals surface area contributed by atoms with E-state index in [4.69, 9.17) is 0 Å². The summed E-state index contributed by atoms with van der Waals surface area (Å²) in [6.07, 6.45) is 5.46. The van der Waals surface area contributed by atoms with Gasteiger partial charge in [0, 0.05) is 29.9 Å². The Morgan fingerprint density at radius 2 is 2.21 bits per heavy atom. The lowest BCUT2D eigenvalue weighted by Gasteiger charge is -2.08. The Hall–Kier alpha value is -2.17. The van der Waals surface area contributed by atoms with Crippen LogP contribution in [0.1, 0.15) is 19.3 Å². The molecule has 0 amide bonds. The number of nitro benzene ring substituents is 1. The van der Waals surface area contributed by atoms with Crippen molar-refractivity contribution in [3.8, 4) is 0 Å². The number of nitrogens with one attached hydrogen (secondary N) is 1. The number of hydrogen-bond acceptors (Lipinski definition) is 4. The molecule has 2 aromatic rings. The van der Waals surface area contributed by atoms with Gasteiger partial charge in [-0.05, 0) is 18.4 Å². The predicted octanol–water partition coefficient (Wildman–Crippen LogP) is 3.36. The van der Waals surface area contributed by atoms with Crippen LogP contribution in [-0.4, -0.2) is 16.5 Å². The molecule has 1 saturated carbocycles. The molecule has 1 aliphatic rings. The highest BCUT2D eigenvalue weighted by atomic mass is 16.6. The molecule has 5 heteroatoms. The Balaban J connectivity index is 1.90. The fraction of sp³-hybridized carbons (Fsp3) is 0.357. The largest absolute Gasteiger partial charge is 0.384 e. The molecular formula is C14H15N3O2. The molecule has 1 heterocycles. The number of aromatic nitrogens is 1. The van der Waals surface area contributed by atoms with E-state index in [1.54, 1.807) is 12.3 Å². The minimum absolute atomic E-state index is 0.0587. The molecule has 1 fully saturated rings. The summed E-state index contributed by atoms with van der Waals surface area (Å²) in [7, 11) is 0. The third-order valence-corrected chi connectivity index (χ3v) is 3.51. The molecule has 5 nitrogen and oxygen atoms in total. The van der Waals surface area contributed by atoms with Crippen molar-refractivity contribution in [1.82, 2.24) is 4.98 Å². The molecule has 1 N–H and O–H groups in total. The topological polar surface area (TPSA) is 68.1 Å². The lowest BCUT2D eigenvalue weighted by molar-refractivity contribution is -0.383. The summed E-state index contributed by atoms with van der Waals surface area (Å²) < 4.78 is 0. The molecule has 19 heavy (non-hydrogen) atoms. The van der Waals surface area contributed by atoms with E-state index >= 15 is 0 Å². The van der Waals surface area contributed by atoms with Crippen LogP contribution in [0.15, 0.2) is 30.5 Å². The highest BCUT2D eigenvalue weighted by molar-refractivity contribution is 5.96. The molecule has 3 rings (SSSR count). The van der Waals surface area contributed by atoms with Crippen LogP contribution in [0.5, 0.6) is 0 Å². The van der Waals surface area contributed by atoms with Gasteiger partial charge in [-0.1, -0.05) is 25.0 Å². The van der Waals surface area contributed by atoms with Gasteiger partial charge < -0.3 is 5.32 Å². The summed E-state index contributed by atoms with van der Waals surface area (Å²) in [5.74, 6) is 0.870. The summed E-state index contributed by atoms with van der Waals surface area (Å²) >= 11 is 0. The molecular weight excluding hydrogens is 242 g/mol. The van der Waals surface area contributed by atoms with E-state index in [1.807, 2.05) is 12.1 Å². The van der Waals surface area contributed by atoms with Crippen LogP contribution in [0.2, 0.25) is 0 Å². The van der Waals surface area contributed by atoms with Gasteiger partial charge in [0.15, 0.2) is 0 Å². The number of rotatable bonds is 5. The van der Waals surface area contributed by atoms with Crippen LogP contribution in [0.4, 0.5) is 11.4 Å². The molecule has 98 valence electrons. The zero-order chi connectivity index (χ0) is 13.2. The first-order valence-electron chi connectivity index (χ1n) is 6.51. The van der Waals surface area contributed by atoms with E-state index in [9.17, 15) is 10.1 Å². The summed E-state index contributed by atoms with van der Waals surface area (Å²) in [6.45, 7) is 0.909. The quantitative estimate of drug-likeness (QED) is 0.658. The maximum absolute atomic E-state index is 11.0. The summed E-state index contributed by atoms with van der Waals surface area (Å²) in [6, 6.07) is 6.94. The molecule has 0 spiro atoms. The zero-order valence-electron chi connectivity index (χ0n) is 10.5. The minimum atomic E-state index is -0.386. The number of anilines is 1. The minimum Gasteiger partial charge on any atom is -0.384 e. The van der Waals surface area contributed by atoms with Crippen molar-refractivity contribution in [2.24, 2.45) is 5.92 Å². The van der Waals surface area contributed by atoms with Gasteiger partial charge in [0.1, 0.15) is 5.52 Å². The third-order valence-electron chi connectivity index (χ3n) is 3.51. The number of fused-ring (bicyclic) bond motifs is 1. The molecule has 0 atom stereocenters. The zero-order valence-corrected chi connectivity index (χ0v) is 10.5. The van der Waals surface area contributed by atoms with Crippen LogP contribution in [0, 0.1) is 16.0 Å². The number of nitrogens with zero attached hydrogens (tertiary/aromatic N) is 2. The van der Waals surface area contributed by atoms with Crippen LogP contribution >= 0.6 is 0 Å². The Morgan fingerprint density at radius 3 is 2.95 bits per heavy atom. The van der Waals surface area contributed by atoms with Crippen molar-refractivity contribution in [2.45, 2.75) is 19.3 Å². The first-order valence-corrected chi connectivity index (χ1v) is 6.51. The average Bonchev–Trinajstić information content (AvgIpc) is 3.22. The van der Waals surface area contributed by atoms with Crippen LogP contribution < -0.4 is 5.32 Å². The van der Waals surface area contributed by atoms with Crippen molar-refractivity contribution in [3.05, 3.63) is 40.6 Å². The Bertz CT molecular complexity index is 623. The van der Waals surface area contributed by atoms with E-state index in [0.717, 1.165) is 23.5 Å². The number of benzene rings is 1. The molecule has 1 aromatic heterocycles. The SMILES string of the molecule is O=[N+]([O-])c1cccc2c(NCCC3CC3)ccnc12. The van der Waals surface area contributed by atoms with Gasteiger partial charge in [-0.2, -0.15) is 0 Å². The lowest BCUT2D eigenvalue weighted by atomic mass is 10.1. The normalized spacial score (nSPS) is 14.5. The lowest BCUT2D eigenvalue weighted by Crippen LogP contribution is -2.03. The maximum Gasteiger partial charge on any atom is 0.295 e. The highest BCUT2D eigenvalue weighted by Crippen LogP contribution is 2.33. The Kier molecular flexibility index (Phi) is 3.03. The standard InChI is InChI=1S/C14H15N3O2/c18-17(19)13-3-1-2-11-12(7-9-16-14(11)13)15-8-6-10-4-5-10/h1-3,7,9-10H,4-6,8H2,(H,15,16). The monoisotopic (exact) mass is 257 g/mol. The van der Waals surface area contributed by atoms with Crippen LogP contribution in [-0.2, 0) is 0 Å². The van der Waals surface area contributed by atoms with Crippen molar-refractivity contribution in [2.75, 3.05) is 11.9 Å². The molecule has 0 radical (unpaired) electrons. The van der Waals surface area contributed by atoms with Gasteiger partial charge >= 0.3 is 0 Å². The Morgan fingerprint density at radius 1 is 1.37 bits per heavy atom. The van der Waals surface area contributed by atoms with Crippen molar-refractivity contribution < 1.29 is 4.92 Å². The average molecular weight is 257 g/mol. The van der Waals surface area contributed by atoms with Crippen molar-refractivity contribution >= 4 is 22.3 Å². The predicted molar refractivity (Wildman–Crippen MR) is 74.2 cm³/mol. The molecule has 1 aliphatic carbocycles. The number of nitro groups is 1. The molecule has 1 aromatic carbocycles. The van der Waals surface area contributed by atoms with E-state index < -0.39 is 0 Å². The number of pyridine rings is 1. The second kappa shape index (κ2) is 4.84. The molecule has 0 aliphatic heterocycles. The fourth-order valence-corrected chi connectivity index (χ4v) is 2.28. The summed E-state index contributed by atoms with van der Waals surface area (Å²) in [4.78, 5) is 14.7. The number of hydrogen-bond donors (Lipinski definition) is 1. The second-order valence-electron chi connectivity index (χ2n) is 4.95. The van der Waals surface area contributed by atoms with E-state index in [1.165, 1.54) is 25.3 Å². The second-order valence-corrected chi connectivity index (χ2v) is 4.95. The summed E-state index contributed by atoms with van der Waals surface area (Å²) in [5, 5.41) is 15.2. The smallest absolute Gasteiger partial charge is 0.295 e. The van der Waals surface area contributed by atoms with Gasteiger partial charge in [-0.15, -0.1) is 0 Å². The maximum atomic E-state index is 11.0. The van der Waals surface area contributed by atoms with Gasteiger partial charge in [0.05, 0.1) is 4.92 Å². The van der Waals surface area contributed by atoms with Crippen molar-refractivity contribution in [3.63, 3.8) is 0 Å². The molecule has 0 bridgehead atoms. The number of non-ortho nitro benzene ring substituents is 1.